The van der Waals surface area contributed by atoms with Crippen molar-refractivity contribution in [2.24, 2.45) is 5.92 Å². The van der Waals surface area contributed by atoms with Gasteiger partial charge >= 0.3 is 0 Å². The lowest BCUT2D eigenvalue weighted by atomic mass is 9.88. The van der Waals surface area contributed by atoms with E-state index >= 15 is 0 Å². The van der Waals surface area contributed by atoms with E-state index in [1.54, 1.807) is 24.0 Å². The molecule has 0 fully saturated rings. The van der Waals surface area contributed by atoms with Gasteiger partial charge in [0.15, 0.2) is 0 Å². The monoisotopic (exact) mass is 476 g/mol. The van der Waals surface area contributed by atoms with Gasteiger partial charge in [0.25, 0.3) is 0 Å². The molecule has 5 heteroatoms. The van der Waals surface area contributed by atoms with Crippen molar-refractivity contribution < 1.29 is 9.59 Å². The van der Waals surface area contributed by atoms with Gasteiger partial charge in [-0.25, -0.2) is 0 Å². The van der Waals surface area contributed by atoms with Gasteiger partial charge in [-0.15, -0.1) is 0 Å². The van der Waals surface area contributed by atoms with E-state index in [4.69, 9.17) is 11.6 Å². The van der Waals surface area contributed by atoms with Crippen LogP contribution in [0.15, 0.2) is 84.9 Å². The van der Waals surface area contributed by atoms with E-state index in [1.807, 2.05) is 86.6 Å². The van der Waals surface area contributed by atoms with Crippen LogP contribution in [0.1, 0.15) is 49.8 Å². The average Bonchev–Trinajstić information content (AvgIpc) is 2.86. The summed E-state index contributed by atoms with van der Waals surface area (Å²) in [5, 5.41) is 3.61. The summed E-state index contributed by atoms with van der Waals surface area (Å²) in [6, 6.07) is 26.9. The molecule has 0 heterocycles. The van der Waals surface area contributed by atoms with Crippen LogP contribution in [0.2, 0.25) is 5.02 Å². The van der Waals surface area contributed by atoms with E-state index in [0.29, 0.717) is 24.0 Å². The Labute approximate surface area is 207 Å². The Morgan fingerprint density at radius 3 is 1.85 bits per heavy atom. The van der Waals surface area contributed by atoms with Gasteiger partial charge in [-0.1, -0.05) is 98.2 Å². The SMILES string of the molecule is CC(C)CNC(=O)C(C)N(Cc1ccc(Cl)cc1)C(=O)CC(c1ccccc1)c1ccccc1. The Balaban J connectivity index is 1.88. The fourth-order valence-electron chi connectivity index (χ4n) is 3.91. The van der Waals surface area contributed by atoms with Crippen LogP contribution in [0, 0.1) is 5.92 Å². The molecule has 1 atom stereocenters. The Hall–Kier alpha value is -3.11. The largest absolute Gasteiger partial charge is 0.354 e. The maximum absolute atomic E-state index is 13.8. The molecule has 3 rings (SSSR count). The minimum atomic E-state index is -0.603. The molecule has 2 amide bonds. The zero-order valence-electron chi connectivity index (χ0n) is 20.1. The lowest BCUT2D eigenvalue weighted by molar-refractivity contribution is -0.140. The lowest BCUT2D eigenvalue weighted by Gasteiger charge is -2.31. The van der Waals surface area contributed by atoms with E-state index in [9.17, 15) is 9.59 Å². The number of rotatable bonds is 10. The van der Waals surface area contributed by atoms with Crippen LogP contribution >= 0.6 is 11.6 Å². The highest BCUT2D eigenvalue weighted by molar-refractivity contribution is 6.30. The Bertz CT molecular complexity index is 1010. The maximum Gasteiger partial charge on any atom is 0.242 e. The fraction of sp³-hybridized carbons (Fsp3) is 0.310. The van der Waals surface area contributed by atoms with E-state index in [-0.39, 0.29) is 24.2 Å². The molecule has 3 aromatic rings. The van der Waals surface area contributed by atoms with Gasteiger partial charge < -0.3 is 10.2 Å². The summed E-state index contributed by atoms with van der Waals surface area (Å²) in [7, 11) is 0. The molecule has 1 unspecified atom stereocenters. The second kappa shape index (κ2) is 12.4. The molecule has 0 saturated carbocycles. The standard InChI is InChI=1S/C29H33ClN2O2/c1-21(2)19-31-29(34)22(3)32(20-23-14-16-26(30)17-15-23)28(33)18-27(24-10-6-4-7-11-24)25-12-8-5-9-13-25/h4-17,21-22,27H,18-20H2,1-3H3,(H,31,34). The quantitative estimate of drug-likeness (QED) is 0.387. The van der Waals surface area contributed by atoms with E-state index in [1.165, 1.54) is 0 Å². The number of hydrogen-bond donors (Lipinski definition) is 1. The summed E-state index contributed by atoms with van der Waals surface area (Å²) in [5.74, 6) is 0.0116. The van der Waals surface area contributed by atoms with Crippen molar-refractivity contribution in [3.05, 3.63) is 107 Å². The van der Waals surface area contributed by atoms with Crippen LogP contribution in [-0.2, 0) is 16.1 Å². The first-order chi connectivity index (χ1) is 16.3. The molecule has 0 radical (unpaired) electrons. The minimum absolute atomic E-state index is 0.0696. The number of carbonyl (C=O) groups excluding carboxylic acids is 2. The molecule has 34 heavy (non-hydrogen) atoms. The first kappa shape index (κ1) is 25.5. The summed E-state index contributed by atoms with van der Waals surface area (Å²) in [6.07, 6.45) is 0.267. The predicted octanol–water partition coefficient (Wildman–Crippen LogP) is 6.05. The number of nitrogens with one attached hydrogen (secondary N) is 1. The third kappa shape index (κ3) is 7.19. The Kier molecular flexibility index (Phi) is 9.29. The summed E-state index contributed by atoms with van der Waals surface area (Å²) >= 11 is 6.05. The molecule has 3 aromatic carbocycles. The van der Waals surface area contributed by atoms with Gasteiger partial charge in [-0.2, -0.15) is 0 Å². The van der Waals surface area contributed by atoms with Crippen molar-refractivity contribution in [1.29, 1.82) is 0 Å². The Morgan fingerprint density at radius 1 is 0.824 bits per heavy atom. The molecule has 0 bridgehead atoms. The molecule has 0 aliphatic rings. The highest BCUT2D eigenvalue weighted by Gasteiger charge is 2.29. The highest BCUT2D eigenvalue weighted by Crippen LogP contribution is 2.29. The molecule has 0 aliphatic carbocycles. The Morgan fingerprint density at radius 2 is 1.35 bits per heavy atom. The van der Waals surface area contributed by atoms with Crippen molar-refractivity contribution >= 4 is 23.4 Å². The number of hydrogen-bond acceptors (Lipinski definition) is 2. The number of halogens is 1. The molecule has 4 nitrogen and oxygen atoms in total. The smallest absolute Gasteiger partial charge is 0.242 e. The average molecular weight is 477 g/mol. The van der Waals surface area contributed by atoms with Crippen LogP contribution in [0.3, 0.4) is 0 Å². The molecule has 0 saturated heterocycles. The van der Waals surface area contributed by atoms with E-state index < -0.39 is 6.04 Å². The van der Waals surface area contributed by atoms with Gasteiger partial charge in [-0.05, 0) is 41.7 Å². The zero-order chi connectivity index (χ0) is 24.5. The van der Waals surface area contributed by atoms with Gasteiger partial charge in [0.2, 0.25) is 11.8 Å². The maximum atomic E-state index is 13.8. The minimum Gasteiger partial charge on any atom is -0.354 e. The van der Waals surface area contributed by atoms with Gasteiger partial charge in [0, 0.05) is 30.5 Å². The second-order valence-electron chi connectivity index (χ2n) is 9.04. The van der Waals surface area contributed by atoms with Crippen LogP contribution in [0.4, 0.5) is 0 Å². The van der Waals surface area contributed by atoms with Crippen molar-refractivity contribution in [1.82, 2.24) is 10.2 Å². The first-order valence-electron chi connectivity index (χ1n) is 11.8. The highest BCUT2D eigenvalue weighted by atomic mass is 35.5. The predicted molar refractivity (Wildman–Crippen MR) is 139 cm³/mol. The summed E-state index contributed by atoms with van der Waals surface area (Å²) in [6.45, 7) is 6.80. The molecular formula is C29H33ClN2O2. The summed E-state index contributed by atoms with van der Waals surface area (Å²) in [4.78, 5) is 28.4. The number of nitrogens with zero attached hydrogens (tertiary/aromatic N) is 1. The van der Waals surface area contributed by atoms with Crippen molar-refractivity contribution in [2.45, 2.75) is 45.7 Å². The first-order valence-corrected chi connectivity index (χ1v) is 12.1. The zero-order valence-corrected chi connectivity index (χ0v) is 20.8. The number of carbonyl (C=O) groups is 2. The van der Waals surface area contributed by atoms with Crippen molar-refractivity contribution in [2.75, 3.05) is 6.54 Å². The molecule has 0 aliphatic heterocycles. The third-order valence-electron chi connectivity index (χ3n) is 5.90. The normalized spacial score (nSPS) is 11.9. The van der Waals surface area contributed by atoms with E-state index in [0.717, 1.165) is 16.7 Å². The van der Waals surface area contributed by atoms with Gasteiger partial charge in [-0.3, -0.25) is 9.59 Å². The van der Waals surface area contributed by atoms with Crippen LogP contribution in [0.25, 0.3) is 0 Å². The van der Waals surface area contributed by atoms with Crippen LogP contribution in [-0.4, -0.2) is 29.3 Å². The molecule has 0 spiro atoms. The lowest BCUT2D eigenvalue weighted by Crippen LogP contribution is -2.48. The third-order valence-corrected chi connectivity index (χ3v) is 6.15. The van der Waals surface area contributed by atoms with E-state index in [2.05, 4.69) is 5.32 Å². The van der Waals surface area contributed by atoms with Crippen LogP contribution in [0.5, 0.6) is 0 Å². The summed E-state index contributed by atoms with van der Waals surface area (Å²) < 4.78 is 0. The number of benzene rings is 3. The molecule has 0 aromatic heterocycles. The fourth-order valence-corrected chi connectivity index (χ4v) is 4.04. The van der Waals surface area contributed by atoms with Gasteiger partial charge in [0.1, 0.15) is 6.04 Å². The van der Waals surface area contributed by atoms with Gasteiger partial charge in [0.05, 0.1) is 0 Å². The molecule has 178 valence electrons. The number of amides is 2. The van der Waals surface area contributed by atoms with Crippen LogP contribution < -0.4 is 5.32 Å². The summed E-state index contributed by atoms with van der Waals surface area (Å²) in [5.41, 5.74) is 3.08. The second-order valence-corrected chi connectivity index (χ2v) is 9.48. The topological polar surface area (TPSA) is 49.4 Å². The molecule has 1 N–H and O–H groups in total. The van der Waals surface area contributed by atoms with Crippen molar-refractivity contribution in [3.63, 3.8) is 0 Å². The van der Waals surface area contributed by atoms with Crippen molar-refractivity contribution in [3.8, 4) is 0 Å². The molecular weight excluding hydrogens is 444 g/mol.